The van der Waals surface area contributed by atoms with Gasteiger partial charge in [-0.1, -0.05) is 12.1 Å². The molecule has 0 unspecified atom stereocenters. The number of nitrogens with one attached hydrogen (secondary N) is 1. The first kappa shape index (κ1) is 20.1. The lowest BCUT2D eigenvalue weighted by Gasteiger charge is -2.34. The second-order valence-corrected chi connectivity index (χ2v) is 7.32. The van der Waals surface area contributed by atoms with Crippen LogP contribution < -0.4 is 5.32 Å². The molecule has 4 rings (SSSR count). The van der Waals surface area contributed by atoms with Crippen molar-refractivity contribution < 1.29 is 13.9 Å². The van der Waals surface area contributed by atoms with Crippen LogP contribution in [0.2, 0.25) is 0 Å². The molecule has 156 valence electrons. The number of ether oxygens (including phenoxy) is 1. The highest BCUT2D eigenvalue weighted by atomic mass is 16.5. The number of nitrogens with zero attached hydrogens (tertiary/aromatic N) is 3. The number of hydrogen-bond acceptors (Lipinski definition) is 5. The quantitative estimate of drug-likeness (QED) is 0.647. The number of benzene rings is 1. The summed E-state index contributed by atoms with van der Waals surface area (Å²) >= 11 is 0. The minimum atomic E-state index is -0.0628. The Morgan fingerprint density at radius 3 is 2.60 bits per heavy atom. The standard InChI is InChI=1S/C23H26N4O3/c28-23(27-12-10-26(11-13-27)16-19-6-8-24-9-7-19)25-21-4-1-3-20(15-21)17-29-18-22-5-2-14-30-22/h1-9,14-15H,10-13,16-18H2,(H,25,28). The number of furan rings is 1. The van der Waals surface area contributed by atoms with E-state index in [-0.39, 0.29) is 6.03 Å². The van der Waals surface area contributed by atoms with E-state index < -0.39 is 0 Å². The Morgan fingerprint density at radius 1 is 1.00 bits per heavy atom. The average Bonchev–Trinajstić information content (AvgIpc) is 3.29. The third-order valence-corrected chi connectivity index (χ3v) is 5.09. The molecular formula is C23H26N4O3. The van der Waals surface area contributed by atoms with Gasteiger partial charge in [0, 0.05) is 50.8 Å². The summed E-state index contributed by atoms with van der Waals surface area (Å²) in [6.45, 7) is 4.90. The highest BCUT2D eigenvalue weighted by Crippen LogP contribution is 2.15. The minimum absolute atomic E-state index is 0.0628. The second kappa shape index (κ2) is 10.0. The molecule has 2 amide bonds. The fourth-order valence-electron chi connectivity index (χ4n) is 3.46. The van der Waals surface area contributed by atoms with Crippen molar-refractivity contribution in [1.82, 2.24) is 14.8 Å². The van der Waals surface area contributed by atoms with Crippen molar-refractivity contribution in [2.45, 2.75) is 19.8 Å². The highest BCUT2D eigenvalue weighted by Gasteiger charge is 2.21. The van der Waals surface area contributed by atoms with E-state index in [4.69, 9.17) is 9.15 Å². The SMILES string of the molecule is O=C(Nc1cccc(COCc2ccco2)c1)N1CCN(Cc2ccncc2)CC1. The molecule has 7 nitrogen and oxygen atoms in total. The number of aromatic nitrogens is 1. The lowest BCUT2D eigenvalue weighted by molar-refractivity contribution is 0.0930. The van der Waals surface area contributed by atoms with Gasteiger partial charge in [-0.3, -0.25) is 9.88 Å². The van der Waals surface area contributed by atoms with Gasteiger partial charge in [-0.05, 0) is 47.5 Å². The van der Waals surface area contributed by atoms with E-state index in [1.165, 1.54) is 5.56 Å². The molecule has 2 aromatic heterocycles. The summed E-state index contributed by atoms with van der Waals surface area (Å²) in [6.07, 6.45) is 5.26. The molecule has 30 heavy (non-hydrogen) atoms. The van der Waals surface area contributed by atoms with Crippen LogP contribution in [-0.4, -0.2) is 47.0 Å². The Morgan fingerprint density at radius 2 is 1.83 bits per heavy atom. The summed E-state index contributed by atoms with van der Waals surface area (Å²) in [5, 5.41) is 3.01. The van der Waals surface area contributed by atoms with Gasteiger partial charge < -0.3 is 19.4 Å². The number of anilines is 1. The largest absolute Gasteiger partial charge is 0.467 e. The van der Waals surface area contributed by atoms with E-state index in [0.29, 0.717) is 26.3 Å². The fraction of sp³-hybridized carbons (Fsp3) is 0.304. The van der Waals surface area contributed by atoms with Crippen LogP contribution in [-0.2, 0) is 24.5 Å². The summed E-state index contributed by atoms with van der Waals surface area (Å²) in [5.41, 5.74) is 3.02. The zero-order valence-corrected chi connectivity index (χ0v) is 16.9. The van der Waals surface area contributed by atoms with Crippen LogP contribution in [0.15, 0.2) is 71.6 Å². The van der Waals surface area contributed by atoms with Crippen molar-refractivity contribution in [3.63, 3.8) is 0 Å². The van der Waals surface area contributed by atoms with Crippen LogP contribution in [0.5, 0.6) is 0 Å². The first-order chi connectivity index (χ1) is 14.8. The summed E-state index contributed by atoms with van der Waals surface area (Å²) in [7, 11) is 0. The van der Waals surface area contributed by atoms with E-state index in [1.807, 2.05) is 65.8 Å². The summed E-state index contributed by atoms with van der Waals surface area (Å²) in [4.78, 5) is 20.9. The highest BCUT2D eigenvalue weighted by molar-refractivity contribution is 5.89. The van der Waals surface area contributed by atoms with Gasteiger partial charge in [0.15, 0.2) is 0 Å². The lowest BCUT2D eigenvalue weighted by atomic mass is 10.2. The molecule has 7 heteroatoms. The van der Waals surface area contributed by atoms with Gasteiger partial charge >= 0.3 is 6.03 Å². The molecule has 1 aliphatic rings. The summed E-state index contributed by atoms with van der Waals surface area (Å²) in [6, 6.07) is 15.5. The van der Waals surface area contributed by atoms with Crippen LogP contribution in [0.25, 0.3) is 0 Å². The first-order valence-corrected chi connectivity index (χ1v) is 10.1. The monoisotopic (exact) mass is 406 g/mol. The number of urea groups is 1. The van der Waals surface area contributed by atoms with Gasteiger partial charge in [-0.2, -0.15) is 0 Å². The molecule has 1 aromatic carbocycles. The molecular weight excluding hydrogens is 380 g/mol. The molecule has 1 fully saturated rings. The predicted octanol–water partition coefficient (Wildman–Crippen LogP) is 3.74. The molecule has 0 atom stereocenters. The molecule has 0 saturated carbocycles. The van der Waals surface area contributed by atoms with E-state index in [1.54, 1.807) is 6.26 Å². The van der Waals surface area contributed by atoms with Crippen LogP contribution in [0.4, 0.5) is 10.5 Å². The number of carbonyl (C=O) groups excluding carboxylic acids is 1. The molecule has 1 N–H and O–H groups in total. The van der Waals surface area contributed by atoms with Crippen molar-refractivity contribution in [3.05, 3.63) is 84.1 Å². The molecule has 3 aromatic rings. The number of hydrogen-bond donors (Lipinski definition) is 1. The van der Waals surface area contributed by atoms with Crippen LogP contribution >= 0.6 is 0 Å². The number of carbonyl (C=O) groups is 1. The minimum Gasteiger partial charge on any atom is -0.467 e. The van der Waals surface area contributed by atoms with Crippen molar-refractivity contribution >= 4 is 11.7 Å². The lowest BCUT2D eigenvalue weighted by Crippen LogP contribution is -2.49. The number of amides is 2. The molecule has 0 radical (unpaired) electrons. The number of piperazine rings is 1. The van der Waals surface area contributed by atoms with Crippen molar-refractivity contribution in [2.24, 2.45) is 0 Å². The van der Waals surface area contributed by atoms with Crippen molar-refractivity contribution in [2.75, 3.05) is 31.5 Å². The normalized spacial score (nSPS) is 14.6. The van der Waals surface area contributed by atoms with E-state index in [2.05, 4.69) is 15.2 Å². The maximum atomic E-state index is 12.7. The van der Waals surface area contributed by atoms with Gasteiger partial charge in [-0.25, -0.2) is 4.79 Å². The molecule has 1 saturated heterocycles. The van der Waals surface area contributed by atoms with Gasteiger partial charge in [0.1, 0.15) is 12.4 Å². The summed E-state index contributed by atoms with van der Waals surface area (Å²) in [5.74, 6) is 0.794. The molecule has 0 spiro atoms. The maximum Gasteiger partial charge on any atom is 0.321 e. The third-order valence-electron chi connectivity index (χ3n) is 5.09. The van der Waals surface area contributed by atoms with E-state index in [9.17, 15) is 4.79 Å². The zero-order chi connectivity index (χ0) is 20.6. The summed E-state index contributed by atoms with van der Waals surface area (Å²) < 4.78 is 10.9. The Kier molecular flexibility index (Phi) is 6.74. The van der Waals surface area contributed by atoms with Gasteiger partial charge in [0.05, 0.1) is 12.9 Å². The smallest absolute Gasteiger partial charge is 0.321 e. The van der Waals surface area contributed by atoms with Crippen LogP contribution in [0, 0.1) is 0 Å². The van der Waals surface area contributed by atoms with Gasteiger partial charge in [0.25, 0.3) is 0 Å². The topological polar surface area (TPSA) is 70.8 Å². The number of pyridine rings is 1. The fourth-order valence-corrected chi connectivity index (χ4v) is 3.46. The Hall–Kier alpha value is -3.16. The van der Waals surface area contributed by atoms with Crippen LogP contribution in [0.1, 0.15) is 16.9 Å². The Labute approximate surface area is 176 Å². The Bertz CT molecular complexity index is 923. The molecule has 3 heterocycles. The predicted molar refractivity (Wildman–Crippen MR) is 114 cm³/mol. The van der Waals surface area contributed by atoms with Crippen LogP contribution in [0.3, 0.4) is 0 Å². The molecule has 0 bridgehead atoms. The van der Waals surface area contributed by atoms with E-state index in [0.717, 1.165) is 36.6 Å². The van der Waals surface area contributed by atoms with Crippen molar-refractivity contribution in [1.29, 1.82) is 0 Å². The maximum absolute atomic E-state index is 12.7. The third kappa shape index (κ3) is 5.68. The molecule has 0 aliphatic carbocycles. The average molecular weight is 406 g/mol. The molecule has 1 aliphatic heterocycles. The zero-order valence-electron chi connectivity index (χ0n) is 16.9. The Balaban J connectivity index is 1.23. The first-order valence-electron chi connectivity index (χ1n) is 10.1. The van der Waals surface area contributed by atoms with Crippen molar-refractivity contribution in [3.8, 4) is 0 Å². The van der Waals surface area contributed by atoms with Gasteiger partial charge in [-0.15, -0.1) is 0 Å². The number of rotatable bonds is 7. The van der Waals surface area contributed by atoms with E-state index >= 15 is 0 Å². The second-order valence-electron chi connectivity index (χ2n) is 7.32. The van der Waals surface area contributed by atoms with Gasteiger partial charge in [0.2, 0.25) is 0 Å².